The average Bonchev–Trinajstić information content (AvgIpc) is 3.28. The summed E-state index contributed by atoms with van der Waals surface area (Å²) in [6.45, 7) is 17.7. The molecule has 1 aliphatic rings. The van der Waals surface area contributed by atoms with E-state index < -0.39 is 0 Å². The number of pyridine rings is 1. The number of nitrogens with one attached hydrogen (secondary N) is 1. The van der Waals surface area contributed by atoms with E-state index in [9.17, 15) is 0 Å². The first-order chi connectivity index (χ1) is 19.2. The molecular weight excluding hydrogens is 504 g/mol. The lowest BCUT2D eigenvalue weighted by Crippen LogP contribution is -2.06. The van der Waals surface area contributed by atoms with Gasteiger partial charge in [-0.05, 0) is 118 Å². The molecule has 1 aromatic heterocycles. The largest absolute Gasteiger partial charge is 0.267 e. The van der Waals surface area contributed by atoms with Gasteiger partial charge >= 0.3 is 0 Å². The normalized spacial score (nSPS) is 16.4. The van der Waals surface area contributed by atoms with Crippen LogP contribution in [0.2, 0.25) is 0 Å². The Morgan fingerprint density at radius 3 is 2.42 bits per heavy atom. The van der Waals surface area contributed by atoms with Crippen LogP contribution >= 0.6 is 11.9 Å². The van der Waals surface area contributed by atoms with Crippen LogP contribution in [0.5, 0.6) is 0 Å². The predicted molar refractivity (Wildman–Crippen MR) is 180 cm³/mol. The third-order valence-electron chi connectivity index (χ3n) is 8.05. The van der Waals surface area contributed by atoms with Crippen molar-refractivity contribution in [1.82, 2.24) is 9.71 Å². The Morgan fingerprint density at radius 1 is 1.15 bits per heavy atom. The molecule has 3 rings (SSSR count). The van der Waals surface area contributed by atoms with Crippen molar-refractivity contribution in [3.63, 3.8) is 0 Å². The lowest BCUT2D eigenvalue weighted by molar-refractivity contribution is 0.365. The van der Waals surface area contributed by atoms with Gasteiger partial charge < -0.3 is 0 Å². The molecule has 2 unspecified atom stereocenters. The molecule has 1 aliphatic carbocycles. The molecule has 2 nitrogen and oxygen atoms in total. The monoisotopic (exact) mass is 556 g/mol. The highest BCUT2D eigenvalue weighted by atomic mass is 32.2. The maximum atomic E-state index is 5.02. The standard InChI is InChI=1S/C35H50N2S.C2H2/c1-9-12-30(24-38-36-8)28-16-14-27(15-17-28)23-29-18-20-33(25(29)3)32(10-2)34-21-19-31(37-26(34)4)13-11-22-35(5,6)7;1-2/h9-10,14-17,19,21,29-30,36H,1,11-13,18,20,22-24H2,2-8H3;1-2H/b32-10+;. The van der Waals surface area contributed by atoms with Gasteiger partial charge in [0.05, 0.1) is 0 Å². The van der Waals surface area contributed by atoms with Crippen LogP contribution < -0.4 is 4.72 Å². The summed E-state index contributed by atoms with van der Waals surface area (Å²) in [6, 6.07) is 14.0. The van der Waals surface area contributed by atoms with Crippen LogP contribution in [0.1, 0.15) is 101 Å². The van der Waals surface area contributed by atoms with E-state index in [0.717, 1.165) is 37.1 Å². The van der Waals surface area contributed by atoms with E-state index in [1.165, 1.54) is 52.8 Å². The van der Waals surface area contributed by atoms with Crippen molar-refractivity contribution in [3.05, 3.63) is 94.4 Å². The summed E-state index contributed by atoms with van der Waals surface area (Å²) in [6.07, 6.45) is 20.4. The Bertz CT molecular complexity index is 1160. The lowest BCUT2D eigenvalue weighted by atomic mass is 9.89. The highest BCUT2D eigenvalue weighted by Gasteiger charge is 2.26. The Morgan fingerprint density at radius 2 is 1.85 bits per heavy atom. The molecule has 0 spiro atoms. The van der Waals surface area contributed by atoms with Crippen molar-refractivity contribution in [2.75, 3.05) is 12.8 Å². The number of hydrogen-bond donors (Lipinski definition) is 1. The van der Waals surface area contributed by atoms with Crippen molar-refractivity contribution >= 4 is 17.5 Å². The van der Waals surface area contributed by atoms with E-state index in [1.807, 2.05) is 13.1 Å². The van der Waals surface area contributed by atoms with Crippen LogP contribution in [0.25, 0.3) is 5.57 Å². The summed E-state index contributed by atoms with van der Waals surface area (Å²) < 4.78 is 3.21. The molecule has 1 aromatic carbocycles. The van der Waals surface area contributed by atoms with Crippen LogP contribution in [0.4, 0.5) is 0 Å². The first kappa shape index (κ1) is 33.7. The zero-order valence-electron chi connectivity index (χ0n) is 26.1. The first-order valence-electron chi connectivity index (χ1n) is 14.8. The van der Waals surface area contributed by atoms with Crippen molar-refractivity contribution in [3.8, 4) is 12.8 Å². The second kappa shape index (κ2) is 16.7. The maximum absolute atomic E-state index is 5.02. The Hall–Kier alpha value is -2.54. The van der Waals surface area contributed by atoms with Crippen molar-refractivity contribution in [1.29, 1.82) is 0 Å². The van der Waals surface area contributed by atoms with Crippen molar-refractivity contribution in [2.24, 2.45) is 11.3 Å². The second-order valence-corrected chi connectivity index (χ2v) is 13.2. The van der Waals surface area contributed by atoms with Crippen LogP contribution in [0.15, 0.2) is 66.3 Å². The number of hydrogen-bond acceptors (Lipinski definition) is 3. The Kier molecular flexibility index (Phi) is 14.0. The molecule has 1 heterocycles. The molecule has 216 valence electrons. The topological polar surface area (TPSA) is 24.9 Å². The Labute approximate surface area is 250 Å². The van der Waals surface area contributed by atoms with Gasteiger partial charge in [0.1, 0.15) is 0 Å². The van der Waals surface area contributed by atoms with Gasteiger partial charge in [-0.15, -0.1) is 19.4 Å². The fourth-order valence-electron chi connectivity index (χ4n) is 5.81. The van der Waals surface area contributed by atoms with Gasteiger partial charge in [-0.2, -0.15) is 0 Å². The van der Waals surface area contributed by atoms with Crippen molar-refractivity contribution < 1.29 is 0 Å². The van der Waals surface area contributed by atoms with Gasteiger partial charge in [0.2, 0.25) is 0 Å². The van der Waals surface area contributed by atoms with Gasteiger partial charge in [0.15, 0.2) is 0 Å². The molecule has 0 bridgehead atoms. The molecule has 1 N–H and O–H groups in total. The molecule has 0 saturated carbocycles. The van der Waals surface area contributed by atoms with Gasteiger partial charge in [-0.25, -0.2) is 0 Å². The van der Waals surface area contributed by atoms with Gasteiger partial charge in [0, 0.05) is 22.7 Å². The minimum atomic E-state index is 0.387. The smallest absolute Gasteiger partial charge is 0.0454 e. The number of benzene rings is 1. The van der Waals surface area contributed by atoms with E-state index in [4.69, 9.17) is 4.98 Å². The average molecular weight is 557 g/mol. The fraction of sp³-hybridized carbons (Fsp3) is 0.486. The van der Waals surface area contributed by atoms with E-state index in [-0.39, 0.29) is 0 Å². The quantitative estimate of drug-likeness (QED) is 0.151. The van der Waals surface area contributed by atoms with Gasteiger partial charge in [-0.3, -0.25) is 9.71 Å². The molecule has 3 heteroatoms. The number of aryl methyl sites for hydroxylation is 2. The Balaban J connectivity index is 0.00000274. The number of nitrogens with zero attached hydrogens (tertiary/aromatic N) is 1. The summed E-state index contributed by atoms with van der Waals surface area (Å²) in [4.78, 5) is 5.02. The third kappa shape index (κ3) is 9.83. The zero-order valence-corrected chi connectivity index (χ0v) is 27.0. The predicted octanol–water partition coefficient (Wildman–Crippen LogP) is 9.91. The van der Waals surface area contributed by atoms with Crippen LogP contribution in [-0.2, 0) is 12.8 Å². The molecule has 0 amide bonds. The van der Waals surface area contributed by atoms with E-state index in [1.54, 1.807) is 17.5 Å². The molecule has 0 radical (unpaired) electrons. The molecule has 0 aliphatic heterocycles. The van der Waals surface area contributed by atoms with Crippen LogP contribution in [0.3, 0.4) is 0 Å². The van der Waals surface area contributed by atoms with E-state index in [0.29, 0.717) is 17.3 Å². The minimum Gasteiger partial charge on any atom is -0.267 e. The second-order valence-electron chi connectivity index (χ2n) is 12.1. The number of terminal acetylenes is 1. The highest BCUT2D eigenvalue weighted by molar-refractivity contribution is 7.97. The summed E-state index contributed by atoms with van der Waals surface area (Å²) in [5.41, 5.74) is 11.4. The number of aromatic nitrogens is 1. The number of allylic oxidation sites excluding steroid dienone is 5. The number of rotatable bonds is 13. The molecular formula is C37H52N2S. The molecule has 0 saturated heterocycles. The molecule has 2 atom stereocenters. The van der Waals surface area contributed by atoms with Crippen LogP contribution in [0, 0.1) is 31.1 Å². The summed E-state index contributed by atoms with van der Waals surface area (Å²) in [5, 5.41) is 0. The maximum Gasteiger partial charge on any atom is 0.0454 e. The summed E-state index contributed by atoms with van der Waals surface area (Å²) in [5.74, 6) is 2.19. The molecule has 40 heavy (non-hydrogen) atoms. The third-order valence-corrected chi connectivity index (χ3v) is 8.91. The van der Waals surface area contributed by atoms with E-state index in [2.05, 4.69) is 108 Å². The fourth-order valence-corrected chi connectivity index (χ4v) is 6.50. The SMILES string of the molecule is C#C.C=CCC(CSNC)c1ccc(CC2CCC(/C(=C\C)c3ccc(CCCC(C)(C)C)nc3C)=C2C)cc1. The summed E-state index contributed by atoms with van der Waals surface area (Å²) >= 11 is 1.78. The van der Waals surface area contributed by atoms with Crippen molar-refractivity contribution in [2.45, 2.75) is 92.4 Å². The molecule has 2 aromatic rings. The summed E-state index contributed by atoms with van der Waals surface area (Å²) in [7, 11) is 1.99. The zero-order chi connectivity index (χ0) is 29.7. The minimum absolute atomic E-state index is 0.387. The van der Waals surface area contributed by atoms with E-state index >= 15 is 0 Å². The highest BCUT2D eigenvalue weighted by Crippen LogP contribution is 2.41. The first-order valence-corrected chi connectivity index (χ1v) is 15.8. The van der Waals surface area contributed by atoms with Gasteiger partial charge in [0.25, 0.3) is 0 Å². The lowest BCUT2D eigenvalue weighted by Gasteiger charge is -2.18. The van der Waals surface area contributed by atoms with Crippen LogP contribution in [-0.4, -0.2) is 17.8 Å². The van der Waals surface area contributed by atoms with Gasteiger partial charge in [-0.1, -0.05) is 80.8 Å². The molecule has 0 fully saturated rings.